The zero-order valence-corrected chi connectivity index (χ0v) is 23.7. The average Bonchev–Trinajstić information content (AvgIpc) is 2.91. The number of benzene rings is 3. The Morgan fingerprint density at radius 2 is 1.54 bits per heavy atom. The highest BCUT2D eigenvalue weighted by molar-refractivity contribution is 7.91. The van der Waals surface area contributed by atoms with Crippen molar-refractivity contribution in [3.8, 4) is 0 Å². The lowest BCUT2D eigenvalue weighted by atomic mass is 9.82. The molecule has 1 aliphatic carbocycles. The van der Waals surface area contributed by atoms with Crippen LogP contribution in [0.4, 0.5) is 17.1 Å². The van der Waals surface area contributed by atoms with Crippen LogP contribution < -0.4 is 22.1 Å². The SMILES string of the molecule is CC(C)C(N)C(=O)NCCS(=O)(=O)c1cccc(Nc2cc(S(=O)(=O)O)c(N)c3c2C(=O)c2ccccc2C3=O)c1. The number of fused-ring (bicyclic) bond motifs is 2. The van der Waals surface area contributed by atoms with Crippen molar-refractivity contribution < 1.29 is 35.8 Å². The molecule has 14 heteroatoms. The van der Waals surface area contributed by atoms with E-state index in [0.717, 1.165) is 6.07 Å². The Labute approximate surface area is 236 Å². The second-order valence-corrected chi connectivity index (χ2v) is 13.3. The first-order valence-electron chi connectivity index (χ1n) is 12.4. The molecule has 1 amide bonds. The number of nitrogen functional groups attached to an aromatic ring is 1. The lowest BCUT2D eigenvalue weighted by Gasteiger charge is -2.23. The molecule has 0 aliphatic heterocycles. The molecule has 0 saturated carbocycles. The zero-order valence-electron chi connectivity index (χ0n) is 22.0. The number of carbonyl (C=O) groups excluding carboxylic acids is 3. The Balaban J connectivity index is 1.71. The number of nitrogens with one attached hydrogen (secondary N) is 2. The molecule has 3 aromatic rings. The molecule has 0 radical (unpaired) electrons. The summed E-state index contributed by atoms with van der Waals surface area (Å²) in [5.74, 6) is -2.37. The molecule has 1 atom stereocenters. The third-order valence-electron chi connectivity index (χ3n) is 6.64. The summed E-state index contributed by atoms with van der Waals surface area (Å²) in [6, 6.07) is 11.5. The molecule has 0 fully saturated rings. The normalized spacial score (nSPS) is 13.9. The molecule has 0 heterocycles. The first kappa shape index (κ1) is 29.9. The quantitative estimate of drug-likeness (QED) is 0.138. The van der Waals surface area contributed by atoms with Gasteiger partial charge in [-0.05, 0) is 30.2 Å². The Bertz CT molecular complexity index is 1800. The van der Waals surface area contributed by atoms with Gasteiger partial charge >= 0.3 is 0 Å². The lowest BCUT2D eigenvalue weighted by Crippen LogP contribution is -2.45. The van der Waals surface area contributed by atoms with Gasteiger partial charge in [0.15, 0.2) is 21.4 Å². The van der Waals surface area contributed by atoms with Gasteiger partial charge in [-0.3, -0.25) is 18.9 Å². The Morgan fingerprint density at radius 3 is 2.12 bits per heavy atom. The summed E-state index contributed by atoms with van der Waals surface area (Å²) in [5, 5.41) is 5.31. The predicted octanol–water partition coefficient (Wildman–Crippen LogP) is 1.91. The highest BCUT2D eigenvalue weighted by Crippen LogP contribution is 2.40. The van der Waals surface area contributed by atoms with Gasteiger partial charge in [0.05, 0.1) is 39.2 Å². The van der Waals surface area contributed by atoms with E-state index >= 15 is 0 Å². The molecule has 7 N–H and O–H groups in total. The van der Waals surface area contributed by atoms with E-state index in [9.17, 15) is 35.8 Å². The Kier molecular flexibility index (Phi) is 8.05. The van der Waals surface area contributed by atoms with Crippen LogP contribution in [0, 0.1) is 5.92 Å². The van der Waals surface area contributed by atoms with Gasteiger partial charge in [0.25, 0.3) is 10.1 Å². The maximum atomic E-state index is 13.5. The number of carbonyl (C=O) groups is 3. The lowest BCUT2D eigenvalue weighted by molar-refractivity contribution is -0.123. The standard InChI is InChI=1S/C27H28N4O8S2/c1-14(2)23(28)27(34)30-10-11-40(35,36)16-7-5-6-15(12-16)31-19-13-20(41(37,38)39)24(29)22-21(19)25(32)17-8-3-4-9-18(17)26(22)33/h3-9,12-14,23,31H,10-11,28-29H2,1-2H3,(H,30,34)(H,37,38,39). The maximum Gasteiger partial charge on any atom is 0.296 e. The Morgan fingerprint density at radius 1 is 0.927 bits per heavy atom. The number of ketones is 2. The number of amides is 1. The fourth-order valence-electron chi connectivity index (χ4n) is 4.38. The largest absolute Gasteiger partial charge is 0.397 e. The fourth-order valence-corrected chi connectivity index (χ4v) is 6.22. The van der Waals surface area contributed by atoms with E-state index in [1.54, 1.807) is 19.9 Å². The van der Waals surface area contributed by atoms with Crippen molar-refractivity contribution in [2.45, 2.75) is 29.7 Å². The third kappa shape index (κ3) is 5.86. The second-order valence-electron chi connectivity index (χ2n) is 9.80. The average molecular weight is 601 g/mol. The van der Waals surface area contributed by atoms with E-state index in [1.165, 1.54) is 42.5 Å². The molecule has 1 unspecified atom stereocenters. The zero-order chi connectivity index (χ0) is 30.3. The van der Waals surface area contributed by atoms with Crippen LogP contribution in [0.2, 0.25) is 0 Å². The van der Waals surface area contributed by atoms with Crippen LogP contribution in [0.5, 0.6) is 0 Å². The fraction of sp³-hybridized carbons (Fsp3) is 0.222. The van der Waals surface area contributed by atoms with Gasteiger partial charge in [-0.1, -0.05) is 44.2 Å². The molecule has 0 spiro atoms. The molecule has 216 valence electrons. The number of hydrogen-bond donors (Lipinski definition) is 5. The van der Waals surface area contributed by atoms with Crippen molar-refractivity contribution in [2.75, 3.05) is 23.3 Å². The molecule has 1 aliphatic rings. The smallest absolute Gasteiger partial charge is 0.296 e. The van der Waals surface area contributed by atoms with Gasteiger partial charge in [-0.2, -0.15) is 8.42 Å². The Hall–Kier alpha value is -4.11. The van der Waals surface area contributed by atoms with Crippen molar-refractivity contribution in [1.82, 2.24) is 5.32 Å². The van der Waals surface area contributed by atoms with Crippen LogP contribution in [0.15, 0.2) is 64.4 Å². The molecule has 41 heavy (non-hydrogen) atoms. The molecule has 12 nitrogen and oxygen atoms in total. The van der Waals surface area contributed by atoms with Crippen molar-refractivity contribution in [3.63, 3.8) is 0 Å². The molecule has 4 rings (SSSR count). The van der Waals surface area contributed by atoms with Crippen molar-refractivity contribution in [1.29, 1.82) is 0 Å². The number of rotatable bonds is 9. The van der Waals surface area contributed by atoms with Gasteiger partial charge in [0.1, 0.15) is 4.90 Å². The van der Waals surface area contributed by atoms with E-state index in [4.69, 9.17) is 11.5 Å². The topological polar surface area (TPSA) is 216 Å². The highest BCUT2D eigenvalue weighted by Gasteiger charge is 2.36. The minimum atomic E-state index is -4.93. The summed E-state index contributed by atoms with van der Waals surface area (Å²) in [6.07, 6.45) is 0. The van der Waals surface area contributed by atoms with Gasteiger partial charge in [0.2, 0.25) is 5.91 Å². The van der Waals surface area contributed by atoms with Crippen LogP contribution in [0.1, 0.15) is 45.7 Å². The third-order valence-corrected chi connectivity index (χ3v) is 9.25. The monoisotopic (exact) mass is 600 g/mol. The first-order valence-corrected chi connectivity index (χ1v) is 15.5. The summed E-state index contributed by atoms with van der Waals surface area (Å²) in [5.41, 5.74) is 10.6. The van der Waals surface area contributed by atoms with E-state index in [2.05, 4.69) is 10.6 Å². The predicted molar refractivity (Wildman–Crippen MR) is 152 cm³/mol. The summed E-state index contributed by atoms with van der Waals surface area (Å²) in [7, 11) is -8.83. The molecule has 3 aromatic carbocycles. The van der Waals surface area contributed by atoms with E-state index in [1.807, 2.05) is 0 Å². The van der Waals surface area contributed by atoms with Gasteiger partial charge < -0.3 is 22.1 Å². The van der Waals surface area contributed by atoms with Gasteiger partial charge in [-0.15, -0.1) is 0 Å². The van der Waals surface area contributed by atoms with E-state index in [-0.39, 0.29) is 45.4 Å². The number of hydrogen-bond acceptors (Lipinski definition) is 10. The van der Waals surface area contributed by atoms with Gasteiger partial charge in [0, 0.05) is 23.4 Å². The second kappa shape index (κ2) is 11.0. The summed E-state index contributed by atoms with van der Waals surface area (Å²) in [6.45, 7) is 3.34. The summed E-state index contributed by atoms with van der Waals surface area (Å²) < 4.78 is 60.0. The number of nitrogens with two attached hydrogens (primary N) is 2. The minimum absolute atomic E-state index is 0.0182. The maximum absolute atomic E-state index is 13.5. The van der Waals surface area contributed by atoms with E-state index in [0.29, 0.717) is 0 Å². The highest BCUT2D eigenvalue weighted by atomic mass is 32.2. The van der Waals surface area contributed by atoms with Crippen LogP contribution in [-0.2, 0) is 24.7 Å². The van der Waals surface area contributed by atoms with Crippen LogP contribution >= 0.6 is 0 Å². The van der Waals surface area contributed by atoms with Crippen LogP contribution in [-0.4, -0.2) is 57.2 Å². The van der Waals surface area contributed by atoms with Crippen molar-refractivity contribution in [3.05, 3.63) is 76.9 Å². The van der Waals surface area contributed by atoms with E-state index < -0.39 is 65.4 Å². The first-order chi connectivity index (χ1) is 19.1. The van der Waals surface area contributed by atoms with Crippen LogP contribution in [0.3, 0.4) is 0 Å². The molecule has 0 bridgehead atoms. The number of anilines is 3. The molecular formula is C27H28N4O8S2. The van der Waals surface area contributed by atoms with Crippen LogP contribution in [0.25, 0.3) is 0 Å². The van der Waals surface area contributed by atoms with Crippen molar-refractivity contribution >= 4 is 54.5 Å². The summed E-state index contributed by atoms with van der Waals surface area (Å²) >= 11 is 0. The van der Waals surface area contributed by atoms with Gasteiger partial charge in [-0.25, -0.2) is 8.42 Å². The molecule has 0 aromatic heterocycles. The number of sulfone groups is 1. The van der Waals surface area contributed by atoms with Crippen molar-refractivity contribution in [2.24, 2.45) is 11.7 Å². The molecule has 0 saturated heterocycles. The molecular weight excluding hydrogens is 572 g/mol. The minimum Gasteiger partial charge on any atom is -0.397 e. The summed E-state index contributed by atoms with van der Waals surface area (Å²) in [4.78, 5) is 37.9.